The van der Waals surface area contributed by atoms with Crippen molar-refractivity contribution < 1.29 is 26.3 Å². The van der Waals surface area contributed by atoms with Gasteiger partial charge < -0.3 is 0 Å². The lowest BCUT2D eigenvalue weighted by Gasteiger charge is -2.17. The number of benzene rings is 6. The molecule has 0 N–H and O–H groups in total. The van der Waals surface area contributed by atoms with Crippen molar-refractivity contribution in [2.75, 3.05) is 0 Å². The average molecular weight is 747 g/mol. The normalized spacial score (nSPS) is 11.7. The number of rotatable bonds is 4. The Balaban J connectivity index is 1.44. The van der Waals surface area contributed by atoms with E-state index in [4.69, 9.17) is 15.0 Å². The Morgan fingerprint density at radius 1 is 0.429 bits per heavy atom. The van der Waals surface area contributed by atoms with E-state index in [2.05, 4.69) is 18.2 Å². The van der Waals surface area contributed by atoms with Gasteiger partial charge in [0.2, 0.25) is 0 Å². The molecule has 0 aliphatic rings. The largest absolute Gasteiger partial charge is 0.416 e. The van der Waals surface area contributed by atoms with Gasteiger partial charge in [-0.25, -0.2) is 15.0 Å². The van der Waals surface area contributed by atoms with Crippen molar-refractivity contribution in [3.8, 4) is 63.1 Å². The molecule has 0 saturated heterocycles. The maximum atomic E-state index is 13.8. The number of nitrogens with zero attached hydrogens (tertiary/aromatic N) is 6. The number of pyridine rings is 1. The van der Waals surface area contributed by atoms with Crippen LogP contribution in [0, 0.1) is 34.0 Å². The molecular formula is C44H20F6N6. The summed E-state index contributed by atoms with van der Waals surface area (Å²) in [6, 6.07) is 36.1. The van der Waals surface area contributed by atoms with Crippen LogP contribution >= 0.6 is 0 Å². The fourth-order valence-electron chi connectivity index (χ4n) is 6.71. The highest BCUT2D eigenvalue weighted by Crippen LogP contribution is 2.42. The lowest BCUT2D eigenvalue weighted by molar-refractivity contribution is -0.143. The highest BCUT2D eigenvalue weighted by molar-refractivity contribution is 6.22. The molecule has 2 heterocycles. The Kier molecular flexibility index (Phi) is 8.44. The summed E-state index contributed by atoms with van der Waals surface area (Å²) >= 11 is 0. The van der Waals surface area contributed by atoms with Crippen LogP contribution in [0.1, 0.15) is 27.8 Å². The van der Waals surface area contributed by atoms with Crippen LogP contribution in [0.2, 0.25) is 0 Å². The second-order valence-electron chi connectivity index (χ2n) is 12.8. The third kappa shape index (κ3) is 6.27. The second kappa shape index (κ2) is 13.3. The van der Waals surface area contributed by atoms with E-state index in [0.717, 1.165) is 0 Å². The van der Waals surface area contributed by atoms with Crippen molar-refractivity contribution in [1.29, 1.82) is 15.8 Å². The minimum absolute atomic E-state index is 0.0819. The van der Waals surface area contributed by atoms with Crippen LogP contribution in [-0.2, 0) is 12.4 Å². The van der Waals surface area contributed by atoms with Crippen LogP contribution in [0.4, 0.5) is 26.3 Å². The fraction of sp³-hybridized carbons (Fsp3) is 0.0455. The number of para-hydroxylation sites is 1. The molecule has 0 aliphatic heterocycles. The molecule has 6 aromatic carbocycles. The van der Waals surface area contributed by atoms with E-state index >= 15 is 0 Å². The number of hydrogen-bond acceptors (Lipinski definition) is 6. The highest BCUT2D eigenvalue weighted by atomic mass is 19.4. The molecule has 0 radical (unpaired) electrons. The monoisotopic (exact) mass is 746 g/mol. The molecule has 0 aliphatic carbocycles. The van der Waals surface area contributed by atoms with Gasteiger partial charge in [0.15, 0.2) is 0 Å². The van der Waals surface area contributed by atoms with Crippen LogP contribution in [0.3, 0.4) is 0 Å². The molecular weight excluding hydrogens is 727 g/mol. The summed E-state index contributed by atoms with van der Waals surface area (Å²) in [6.07, 6.45) is -10.1. The van der Waals surface area contributed by atoms with E-state index in [1.807, 2.05) is 6.07 Å². The Labute approximate surface area is 313 Å². The first-order valence-corrected chi connectivity index (χ1v) is 16.7. The molecule has 56 heavy (non-hydrogen) atoms. The number of aromatic nitrogens is 3. The maximum Gasteiger partial charge on any atom is 0.416 e. The van der Waals surface area contributed by atoms with E-state index in [1.54, 1.807) is 78.9 Å². The summed E-state index contributed by atoms with van der Waals surface area (Å²) in [5.41, 5.74) is 1.69. The molecule has 6 nitrogen and oxygen atoms in total. The predicted octanol–water partition coefficient (Wildman–Crippen LogP) is 11.7. The first-order chi connectivity index (χ1) is 26.9. The third-order valence-corrected chi connectivity index (χ3v) is 9.36. The number of hydrogen-bond donors (Lipinski definition) is 0. The van der Waals surface area contributed by atoms with Crippen LogP contribution < -0.4 is 0 Å². The van der Waals surface area contributed by atoms with Gasteiger partial charge >= 0.3 is 12.4 Å². The van der Waals surface area contributed by atoms with Crippen molar-refractivity contribution in [1.82, 2.24) is 15.0 Å². The fourth-order valence-corrected chi connectivity index (χ4v) is 6.71. The van der Waals surface area contributed by atoms with Crippen LogP contribution in [0.25, 0.3) is 77.6 Å². The summed E-state index contributed by atoms with van der Waals surface area (Å²) in [5.74, 6) is 0. The molecule has 0 amide bonds. The Morgan fingerprint density at radius 2 is 0.982 bits per heavy atom. The first kappa shape index (κ1) is 35.4. The summed E-state index contributed by atoms with van der Waals surface area (Å²) in [5, 5.41) is 31.0. The Hall–Kier alpha value is -7.62. The van der Waals surface area contributed by atoms with E-state index in [0.29, 0.717) is 84.2 Å². The molecule has 12 heteroatoms. The third-order valence-electron chi connectivity index (χ3n) is 9.36. The molecule has 0 bridgehead atoms. The Morgan fingerprint density at radius 3 is 1.54 bits per heavy atom. The number of nitriles is 3. The van der Waals surface area contributed by atoms with Crippen molar-refractivity contribution in [3.05, 3.63) is 149 Å². The maximum absolute atomic E-state index is 13.8. The highest BCUT2D eigenvalue weighted by Gasteiger charge is 2.37. The SMILES string of the molecule is N#Cc1ccc(-c2nc3c(C#N)cc4c(-c5cccc(-c6cc(C(F)(F)F)cc(C(F)(F)F)c6)c5)nc5ccccc5c4c3nc2-c2ccc(C#N)cc2)cc1. The van der Waals surface area contributed by atoms with Gasteiger partial charge in [0.25, 0.3) is 0 Å². The Bertz CT molecular complexity index is 2990. The predicted molar refractivity (Wildman–Crippen MR) is 198 cm³/mol. The summed E-state index contributed by atoms with van der Waals surface area (Å²) in [4.78, 5) is 15.1. The van der Waals surface area contributed by atoms with Crippen LogP contribution in [0.5, 0.6) is 0 Å². The molecule has 8 aromatic rings. The van der Waals surface area contributed by atoms with Gasteiger partial charge in [-0.05, 0) is 71.8 Å². The zero-order valence-electron chi connectivity index (χ0n) is 28.5. The van der Waals surface area contributed by atoms with E-state index in [-0.39, 0.29) is 28.3 Å². The molecule has 0 unspecified atom stereocenters. The van der Waals surface area contributed by atoms with Gasteiger partial charge in [0.05, 0.1) is 68.1 Å². The van der Waals surface area contributed by atoms with Crippen molar-refractivity contribution in [2.24, 2.45) is 0 Å². The summed E-state index contributed by atoms with van der Waals surface area (Å²) < 4.78 is 82.8. The number of halogens is 6. The van der Waals surface area contributed by atoms with Gasteiger partial charge in [0, 0.05) is 32.8 Å². The number of alkyl halides is 6. The summed E-state index contributed by atoms with van der Waals surface area (Å²) in [6.45, 7) is 0. The van der Waals surface area contributed by atoms with Crippen LogP contribution in [-0.4, -0.2) is 15.0 Å². The summed E-state index contributed by atoms with van der Waals surface area (Å²) in [7, 11) is 0. The van der Waals surface area contributed by atoms with Crippen molar-refractivity contribution >= 4 is 32.7 Å². The molecule has 2 aromatic heterocycles. The lowest BCUT2D eigenvalue weighted by Crippen LogP contribution is -2.11. The zero-order valence-corrected chi connectivity index (χ0v) is 28.5. The minimum atomic E-state index is -5.03. The number of fused-ring (bicyclic) bond motifs is 5. The van der Waals surface area contributed by atoms with Gasteiger partial charge in [-0.3, -0.25) is 0 Å². The quantitative estimate of drug-likeness (QED) is 0.131. The van der Waals surface area contributed by atoms with E-state index < -0.39 is 23.5 Å². The van der Waals surface area contributed by atoms with E-state index in [9.17, 15) is 42.1 Å². The average Bonchev–Trinajstić information content (AvgIpc) is 3.21. The molecule has 0 saturated carbocycles. The zero-order chi connectivity index (χ0) is 39.4. The van der Waals surface area contributed by atoms with Crippen LogP contribution in [0.15, 0.2) is 121 Å². The van der Waals surface area contributed by atoms with Crippen molar-refractivity contribution in [3.63, 3.8) is 0 Å². The molecule has 268 valence electrons. The minimum Gasteiger partial charge on any atom is -0.247 e. The smallest absolute Gasteiger partial charge is 0.247 e. The van der Waals surface area contributed by atoms with E-state index in [1.165, 1.54) is 18.2 Å². The second-order valence-corrected chi connectivity index (χ2v) is 12.8. The lowest BCUT2D eigenvalue weighted by atomic mass is 9.93. The van der Waals surface area contributed by atoms with Crippen molar-refractivity contribution in [2.45, 2.75) is 12.4 Å². The topological polar surface area (TPSA) is 110 Å². The molecule has 0 atom stereocenters. The molecule has 8 rings (SSSR count). The first-order valence-electron chi connectivity index (χ1n) is 16.7. The standard InChI is InChI=1S/C44H20F6N6/c45-43(46,47)32-17-30(18-33(20-32)44(48,49)50)28-4-3-5-29(16-28)38-35-19-31(23-53)41-42(37(35)34-6-1-2-7-36(34)54-38)56-40(27-14-10-25(22-52)11-15-27)39(55-41)26-12-8-24(21-51)9-13-26/h1-20H. The molecule has 0 fully saturated rings. The van der Waals surface area contributed by atoms with Gasteiger partial charge in [-0.1, -0.05) is 60.7 Å². The molecule has 0 spiro atoms. The van der Waals surface area contributed by atoms with Gasteiger partial charge in [0.1, 0.15) is 11.6 Å². The van der Waals surface area contributed by atoms with Gasteiger partial charge in [-0.15, -0.1) is 0 Å². The van der Waals surface area contributed by atoms with Gasteiger partial charge in [-0.2, -0.15) is 42.1 Å².